The van der Waals surface area contributed by atoms with Gasteiger partial charge in [-0.05, 0) is 30.9 Å². The number of ether oxygens (including phenoxy) is 2. The number of nitrogens with one attached hydrogen (secondary N) is 1. The van der Waals surface area contributed by atoms with Crippen LogP contribution in [0.25, 0.3) is 0 Å². The zero-order chi connectivity index (χ0) is 16.0. The van der Waals surface area contributed by atoms with Crippen LogP contribution in [0.5, 0.6) is 11.5 Å². The van der Waals surface area contributed by atoms with E-state index in [1.165, 1.54) is 0 Å². The molecule has 0 saturated carbocycles. The van der Waals surface area contributed by atoms with Gasteiger partial charge in [-0.3, -0.25) is 4.79 Å². The van der Waals surface area contributed by atoms with Crippen LogP contribution >= 0.6 is 0 Å². The molecule has 0 fully saturated rings. The lowest BCUT2D eigenvalue weighted by Crippen LogP contribution is -2.47. The number of hydrogen-bond donors (Lipinski definition) is 1. The molecule has 1 atom stereocenters. The van der Waals surface area contributed by atoms with Crippen molar-refractivity contribution in [2.45, 2.75) is 46.8 Å². The van der Waals surface area contributed by atoms with E-state index in [1.54, 1.807) is 20.1 Å². The summed E-state index contributed by atoms with van der Waals surface area (Å²) in [7, 11) is 1.60. The first-order valence-corrected chi connectivity index (χ1v) is 7.46. The van der Waals surface area contributed by atoms with Crippen LogP contribution in [0.3, 0.4) is 0 Å². The van der Waals surface area contributed by atoms with Crippen molar-refractivity contribution in [2.24, 2.45) is 11.8 Å². The summed E-state index contributed by atoms with van der Waals surface area (Å²) in [5.74, 6) is 2.02. The van der Waals surface area contributed by atoms with Gasteiger partial charge in [0.15, 0.2) is 6.10 Å². The molecule has 0 saturated heterocycles. The number of benzene rings is 1. The van der Waals surface area contributed by atoms with Crippen molar-refractivity contribution >= 4 is 5.91 Å². The van der Waals surface area contributed by atoms with Gasteiger partial charge in [0, 0.05) is 12.1 Å². The molecule has 0 bridgehead atoms. The molecule has 0 aliphatic heterocycles. The monoisotopic (exact) mass is 293 g/mol. The molecule has 4 heteroatoms. The van der Waals surface area contributed by atoms with Crippen LogP contribution in [-0.2, 0) is 4.79 Å². The SMILES string of the molecule is COc1cccc(OC(C)C(=O)NC(C(C)C)C(C)C)c1. The molecule has 0 aromatic heterocycles. The van der Waals surface area contributed by atoms with E-state index in [1.807, 2.05) is 18.2 Å². The molecule has 1 rings (SSSR count). The Morgan fingerprint density at radius 3 is 2.14 bits per heavy atom. The van der Waals surface area contributed by atoms with E-state index in [4.69, 9.17) is 9.47 Å². The van der Waals surface area contributed by atoms with E-state index in [0.717, 1.165) is 0 Å². The molecular formula is C17H27NO3. The van der Waals surface area contributed by atoms with Crippen molar-refractivity contribution in [1.29, 1.82) is 0 Å². The summed E-state index contributed by atoms with van der Waals surface area (Å²) in [5, 5.41) is 3.07. The molecule has 0 heterocycles. The summed E-state index contributed by atoms with van der Waals surface area (Å²) in [6.07, 6.45) is -0.544. The second kappa shape index (κ2) is 7.91. The molecule has 0 radical (unpaired) electrons. The largest absolute Gasteiger partial charge is 0.497 e. The van der Waals surface area contributed by atoms with Gasteiger partial charge in [-0.15, -0.1) is 0 Å². The highest BCUT2D eigenvalue weighted by Gasteiger charge is 2.23. The minimum atomic E-state index is -0.544. The van der Waals surface area contributed by atoms with Gasteiger partial charge < -0.3 is 14.8 Å². The third-order valence-corrected chi connectivity index (χ3v) is 3.47. The van der Waals surface area contributed by atoms with Crippen molar-refractivity contribution in [3.05, 3.63) is 24.3 Å². The van der Waals surface area contributed by atoms with Crippen LogP contribution in [0, 0.1) is 11.8 Å². The maximum absolute atomic E-state index is 12.3. The van der Waals surface area contributed by atoms with Crippen molar-refractivity contribution in [1.82, 2.24) is 5.32 Å². The van der Waals surface area contributed by atoms with Crippen molar-refractivity contribution < 1.29 is 14.3 Å². The fraction of sp³-hybridized carbons (Fsp3) is 0.588. The van der Waals surface area contributed by atoms with Gasteiger partial charge in [-0.1, -0.05) is 33.8 Å². The summed E-state index contributed by atoms with van der Waals surface area (Å²) in [5.41, 5.74) is 0. The summed E-state index contributed by atoms with van der Waals surface area (Å²) in [6, 6.07) is 7.41. The highest BCUT2D eigenvalue weighted by Crippen LogP contribution is 2.20. The number of rotatable bonds is 7. The Labute approximate surface area is 127 Å². The van der Waals surface area contributed by atoms with E-state index >= 15 is 0 Å². The van der Waals surface area contributed by atoms with Gasteiger partial charge in [0.05, 0.1) is 7.11 Å². The molecule has 21 heavy (non-hydrogen) atoms. The Morgan fingerprint density at radius 2 is 1.62 bits per heavy atom. The Bertz CT molecular complexity index is 449. The minimum Gasteiger partial charge on any atom is -0.497 e. The molecule has 1 N–H and O–H groups in total. The Morgan fingerprint density at radius 1 is 1.05 bits per heavy atom. The zero-order valence-electron chi connectivity index (χ0n) is 13.8. The predicted octanol–water partition coefficient (Wildman–Crippen LogP) is 3.26. The molecule has 4 nitrogen and oxygen atoms in total. The molecule has 118 valence electrons. The molecule has 0 aliphatic rings. The van der Waals surface area contributed by atoms with Crippen molar-refractivity contribution in [2.75, 3.05) is 7.11 Å². The fourth-order valence-electron chi connectivity index (χ4n) is 2.32. The smallest absolute Gasteiger partial charge is 0.261 e. The van der Waals surface area contributed by atoms with Gasteiger partial charge in [-0.25, -0.2) is 0 Å². The summed E-state index contributed by atoms with van der Waals surface area (Å²) in [6.45, 7) is 10.2. The first kappa shape index (κ1) is 17.3. The number of amides is 1. The van der Waals surface area contributed by atoms with Crippen LogP contribution in [0.4, 0.5) is 0 Å². The quantitative estimate of drug-likeness (QED) is 0.839. The minimum absolute atomic E-state index is 0.0924. The summed E-state index contributed by atoms with van der Waals surface area (Å²) >= 11 is 0. The zero-order valence-corrected chi connectivity index (χ0v) is 13.8. The Balaban J connectivity index is 2.65. The topological polar surface area (TPSA) is 47.6 Å². The van der Waals surface area contributed by atoms with Gasteiger partial charge in [0.1, 0.15) is 11.5 Å². The molecule has 1 aromatic carbocycles. The van der Waals surface area contributed by atoms with E-state index in [9.17, 15) is 4.79 Å². The van der Waals surface area contributed by atoms with Crippen LogP contribution in [-0.4, -0.2) is 25.2 Å². The number of hydrogen-bond acceptors (Lipinski definition) is 3. The predicted molar refractivity (Wildman–Crippen MR) is 84.7 cm³/mol. The molecule has 1 aromatic rings. The molecule has 0 aliphatic carbocycles. The number of methoxy groups -OCH3 is 1. The lowest BCUT2D eigenvalue weighted by Gasteiger charge is -2.27. The van der Waals surface area contributed by atoms with Gasteiger partial charge in [0.25, 0.3) is 5.91 Å². The van der Waals surface area contributed by atoms with E-state index in [-0.39, 0.29) is 11.9 Å². The van der Waals surface area contributed by atoms with Gasteiger partial charge in [-0.2, -0.15) is 0 Å². The van der Waals surface area contributed by atoms with Crippen molar-refractivity contribution in [3.8, 4) is 11.5 Å². The highest BCUT2D eigenvalue weighted by atomic mass is 16.5. The number of carbonyl (C=O) groups excluding carboxylic acids is 1. The van der Waals surface area contributed by atoms with Crippen LogP contribution in [0.15, 0.2) is 24.3 Å². The van der Waals surface area contributed by atoms with Crippen LogP contribution in [0.1, 0.15) is 34.6 Å². The Hall–Kier alpha value is -1.71. The fourth-order valence-corrected chi connectivity index (χ4v) is 2.32. The van der Waals surface area contributed by atoms with E-state index in [0.29, 0.717) is 23.3 Å². The van der Waals surface area contributed by atoms with Crippen LogP contribution in [0.2, 0.25) is 0 Å². The standard InChI is InChI=1S/C17H27NO3/c1-11(2)16(12(3)4)18-17(19)13(5)21-15-9-7-8-14(10-15)20-6/h7-13,16H,1-6H3,(H,18,19). The average molecular weight is 293 g/mol. The van der Waals surface area contributed by atoms with E-state index in [2.05, 4.69) is 33.0 Å². The highest BCUT2D eigenvalue weighted by molar-refractivity contribution is 5.81. The molecular weight excluding hydrogens is 266 g/mol. The average Bonchev–Trinajstić information content (AvgIpc) is 2.43. The maximum Gasteiger partial charge on any atom is 0.261 e. The number of carbonyl (C=O) groups is 1. The summed E-state index contributed by atoms with van der Waals surface area (Å²) < 4.78 is 10.8. The van der Waals surface area contributed by atoms with Gasteiger partial charge in [0.2, 0.25) is 0 Å². The molecule has 0 spiro atoms. The second-order valence-electron chi connectivity index (χ2n) is 5.96. The summed E-state index contributed by atoms with van der Waals surface area (Å²) in [4.78, 5) is 12.3. The normalized spacial score (nSPS) is 12.6. The lowest BCUT2D eigenvalue weighted by molar-refractivity contribution is -0.128. The van der Waals surface area contributed by atoms with Gasteiger partial charge >= 0.3 is 0 Å². The van der Waals surface area contributed by atoms with Crippen LogP contribution < -0.4 is 14.8 Å². The lowest BCUT2D eigenvalue weighted by atomic mass is 9.93. The first-order chi connectivity index (χ1) is 9.85. The van der Waals surface area contributed by atoms with Crippen molar-refractivity contribution in [3.63, 3.8) is 0 Å². The molecule has 1 unspecified atom stereocenters. The second-order valence-corrected chi connectivity index (χ2v) is 5.96. The Kier molecular flexibility index (Phi) is 6.53. The molecule has 1 amide bonds. The third kappa shape index (κ3) is 5.29. The third-order valence-electron chi connectivity index (χ3n) is 3.47. The maximum atomic E-state index is 12.3. The first-order valence-electron chi connectivity index (χ1n) is 7.46. The van der Waals surface area contributed by atoms with E-state index < -0.39 is 6.10 Å².